The number of aliphatic hydroxyl groups is 1. The minimum atomic E-state index is -1.86. The van der Waals surface area contributed by atoms with Gasteiger partial charge in [-0.3, -0.25) is 0 Å². The Morgan fingerprint density at radius 2 is 1.68 bits per heavy atom. The van der Waals surface area contributed by atoms with Crippen molar-refractivity contribution < 1.29 is 19.1 Å². The summed E-state index contributed by atoms with van der Waals surface area (Å²) in [6, 6.07) is 9.10. The number of nitrogens with one attached hydrogen (secondary N) is 1. The molecule has 160 valence electrons. The maximum absolute atomic E-state index is 12.3. The van der Waals surface area contributed by atoms with Gasteiger partial charge in [0.1, 0.15) is 6.61 Å². The van der Waals surface area contributed by atoms with Gasteiger partial charge in [-0.15, -0.1) is 0 Å². The molecular weight excluding hydrogens is 370 g/mol. The fraction of sp³-hybridized carbons (Fsp3) is 0.682. The molecule has 0 aromatic heterocycles. The quantitative estimate of drug-likeness (QED) is 0.586. The predicted molar refractivity (Wildman–Crippen MR) is 117 cm³/mol. The minimum absolute atomic E-state index is 0.126. The van der Waals surface area contributed by atoms with Crippen molar-refractivity contribution in [3.63, 3.8) is 0 Å². The van der Waals surface area contributed by atoms with E-state index in [-0.39, 0.29) is 17.1 Å². The average Bonchev–Trinajstić information content (AvgIpc) is 2.56. The normalized spacial score (nSPS) is 15.0. The topological polar surface area (TPSA) is 67.8 Å². The number of benzene rings is 1. The number of carbonyl (C=O) groups excluding carboxylic acids is 1. The maximum Gasteiger partial charge on any atom is 0.407 e. The van der Waals surface area contributed by atoms with Crippen molar-refractivity contribution in [2.24, 2.45) is 5.41 Å². The van der Waals surface area contributed by atoms with Crippen molar-refractivity contribution in [2.75, 3.05) is 6.61 Å². The highest BCUT2D eigenvalue weighted by Crippen LogP contribution is 2.36. The van der Waals surface area contributed by atoms with Crippen LogP contribution < -0.4 is 5.32 Å². The zero-order valence-electron chi connectivity index (χ0n) is 18.8. The summed E-state index contributed by atoms with van der Waals surface area (Å²) >= 11 is 0. The first-order valence-corrected chi connectivity index (χ1v) is 12.9. The summed E-state index contributed by atoms with van der Waals surface area (Å²) in [7, 11) is -1.86. The van der Waals surface area contributed by atoms with Crippen LogP contribution >= 0.6 is 0 Å². The maximum atomic E-state index is 12.3. The molecule has 0 aliphatic carbocycles. The molecule has 2 N–H and O–H groups in total. The Hall–Kier alpha value is -1.37. The van der Waals surface area contributed by atoms with Crippen LogP contribution in [0.1, 0.15) is 53.5 Å². The Balaban J connectivity index is 2.60. The van der Waals surface area contributed by atoms with Gasteiger partial charge in [-0.25, -0.2) is 4.79 Å². The average molecular weight is 410 g/mol. The van der Waals surface area contributed by atoms with Crippen LogP contribution in [0.4, 0.5) is 4.79 Å². The highest BCUT2D eigenvalue weighted by atomic mass is 28.4. The number of amides is 1. The van der Waals surface area contributed by atoms with E-state index in [0.717, 1.165) is 5.56 Å². The third-order valence-electron chi connectivity index (χ3n) is 5.49. The van der Waals surface area contributed by atoms with Gasteiger partial charge >= 0.3 is 6.09 Å². The van der Waals surface area contributed by atoms with Crippen LogP contribution in [0.5, 0.6) is 0 Å². The van der Waals surface area contributed by atoms with Gasteiger partial charge in [0, 0.05) is 6.61 Å². The molecule has 1 rings (SSSR count). The Kier molecular flexibility index (Phi) is 8.72. The summed E-state index contributed by atoms with van der Waals surface area (Å²) in [5.74, 6) is 0. The van der Waals surface area contributed by atoms with Crippen molar-refractivity contribution in [3.05, 3.63) is 35.9 Å². The molecule has 0 saturated carbocycles. The van der Waals surface area contributed by atoms with E-state index in [2.05, 4.69) is 39.2 Å². The number of alkyl carbamates (subject to hydrolysis) is 1. The lowest BCUT2D eigenvalue weighted by molar-refractivity contribution is 0.0452. The zero-order chi connectivity index (χ0) is 21.6. The molecule has 0 unspecified atom stereocenters. The number of ether oxygens (including phenoxy) is 1. The lowest BCUT2D eigenvalue weighted by Gasteiger charge is -2.38. The first kappa shape index (κ1) is 24.7. The molecule has 0 fully saturated rings. The molecule has 0 saturated heterocycles. The second-order valence-electron chi connectivity index (χ2n) is 10.0. The number of aliphatic hydroxyl groups excluding tert-OH is 1. The van der Waals surface area contributed by atoms with Crippen LogP contribution in [0.15, 0.2) is 30.3 Å². The molecule has 1 aromatic carbocycles. The second kappa shape index (κ2) is 9.90. The number of hydrogen-bond acceptors (Lipinski definition) is 4. The van der Waals surface area contributed by atoms with Crippen molar-refractivity contribution in [1.29, 1.82) is 0 Å². The lowest BCUT2D eigenvalue weighted by atomic mass is 9.82. The molecule has 1 aromatic rings. The van der Waals surface area contributed by atoms with Crippen LogP contribution in [0, 0.1) is 5.41 Å². The van der Waals surface area contributed by atoms with Crippen molar-refractivity contribution in [1.82, 2.24) is 5.32 Å². The van der Waals surface area contributed by atoms with E-state index in [0.29, 0.717) is 13.0 Å². The lowest BCUT2D eigenvalue weighted by Crippen LogP contribution is -2.52. The summed E-state index contributed by atoms with van der Waals surface area (Å²) in [6.07, 6.45) is -0.768. The molecule has 6 heteroatoms. The third-order valence-corrected chi connectivity index (χ3v) is 10.0. The first-order valence-electron chi connectivity index (χ1n) is 10.0. The standard InChI is InChI=1S/C22H39NO4Si/c1-21(2,3)19(18(24)14-15-27-28(7,8)22(4,5)6)23-20(25)26-16-17-12-10-9-11-13-17/h9-13,18-19,24H,14-16H2,1-8H3,(H,23,25)/t18-,19-/m1/s1. The summed E-state index contributed by atoms with van der Waals surface area (Å²) < 4.78 is 11.5. The number of carbonyl (C=O) groups is 1. The Bertz CT molecular complexity index is 605. The molecule has 0 radical (unpaired) electrons. The Labute approximate surface area is 172 Å². The van der Waals surface area contributed by atoms with Crippen LogP contribution in [0.25, 0.3) is 0 Å². The summed E-state index contributed by atoms with van der Waals surface area (Å²) in [6.45, 7) is 17.6. The van der Waals surface area contributed by atoms with E-state index >= 15 is 0 Å². The molecule has 28 heavy (non-hydrogen) atoms. The van der Waals surface area contributed by atoms with Gasteiger partial charge in [0.15, 0.2) is 8.32 Å². The molecular formula is C22H39NO4Si. The van der Waals surface area contributed by atoms with E-state index in [1.165, 1.54) is 0 Å². The van der Waals surface area contributed by atoms with Crippen LogP contribution in [-0.2, 0) is 15.8 Å². The fourth-order valence-corrected chi connectivity index (χ4v) is 3.66. The van der Waals surface area contributed by atoms with Crippen LogP contribution in [-0.4, -0.2) is 38.3 Å². The van der Waals surface area contributed by atoms with E-state index in [4.69, 9.17) is 9.16 Å². The SMILES string of the molecule is CC(C)(C)[C@H](NC(=O)OCc1ccccc1)[C@H](O)CCO[Si](C)(C)C(C)(C)C. The molecule has 0 aliphatic rings. The van der Waals surface area contributed by atoms with E-state index in [1.807, 2.05) is 51.1 Å². The van der Waals surface area contributed by atoms with Gasteiger partial charge in [-0.05, 0) is 35.5 Å². The number of hydrogen-bond donors (Lipinski definition) is 2. The molecule has 1 amide bonds. The van der Waals surface area contributed by atoms with E-state index in [9.17, 15) is 9.90 Å². The first-order chi connectivity index (χ1) is 12.7. The smallest absolute Gasteiger partial charge is 0.407 e. The summed E-state index contributed by atoms with van der Waals surface area (Å²) in [5, 5.41) is 13.7. The molecule has 0 aliphatic heterocycles. The van der Waals surface area contributed by atoms with Gasteiger partial charge in [-0.1, -0.05) is 71.9 Å². The van der Waals surface area contributed by atoms with Crippen LogP contribution in [0.2, 0.25) is 18.1 Å². The van der Waals surface area contributed by atoms with Gasteiger partial charge in [0.25, 0.3) is 0 Å². The molecule has 0 bridgehead atoms. The van der Waals surface area contributed by atoms with Crippen molar-refractivity contribution in [2.45, 2.75) is 84.8 Å². The zero-order valence-corrected chi connectivity index (χ0v) is 19.8. The van der Waals surface area contributed by atoms with E-state index in [1.54, 1.807) is 0 Å². The van der Waals surface area contributed by atoms with Gasteiger partial charge in [0.05, 0.1) is 12.1 Å². The summed E-state index contributed by atoms with van der Waals surface area (Å²) in [5.41, 5.74) is 0.607. The molecule has 2 atom stereocenters. The largest absolute Gasteiger partial charge is 0.445 e. The number of rotatable bonds is 8. The van der Waals surface area contributed by atoms with E-state index < -0.39 is 26.6 Å². The van der Waals surface area contributed by atoms with Gasteiger partial charge < -0.3 is 19.6 Å². The van der Waals surface area contributed by atoms with Crippen LogP contribution in [0.3, 0.4) is 0 Å². The van der Waals surface area contributed by atoms with Crippen molar-refractivity contribution in [3.8, 4) is 0 Å². The second-order valence-corrected chi connectivity index (χ2v) is 14.8. The minimum Gasteiger partial charge on any atom is -0.445 e. The molecule has 5 nitrogen and oxygen atoms in total. The Morgan fingerprint density at radius 1 is 1.11 bits per heavy atom. The highest BCUT2D eigenvalue weighted by molar-refractivity contribution is 6.74. The Morgan fingerprint density at radius 3 is 2.18 bits per heavy atom. The molecule has 0 spiro atoms. The van der Waals surface area contributed by atoms with Gasteiger partial charge in [0.2, 0.25) is 0 Å². The van der Waals surface area contributed by atoms with Gasteiger partial charge in [-0.2, -0.15) is 0 Å². The highest BCUT2D eigenvalue weighted by Gasteiger charge is 2.38. The summed E-state index contributed by atoms with van der Waals surface area (Å²) in [4.78, 5) is 12.3. The predicted octanol–water partition coefficient (Wildman–Crippen LogP) is 5.10. The fourth-order valence-electron chi connectivity index (χ4n) is 2.60. The third kappa shape index (κ3) is 7.93. The monoisotopic (exact) mass is 409 g/mol. The van der Waals surface area contributed by atoms with Crippen molar-refractivity contribution >= 4 is 14.4 Å². The molecule has 0 heterocycles.